The largest absolute Gasteiger partial charge is 0.346 e. The van der Waals surface area contributed by atoms with E-state index in [-0.39, 0.29) is 11.9 Å². The predicted molar refractivity (Wildman–Crippen MR) is 88.8 cm³/mol. The van der Waals surface area contributed by atoms with Crippen molar-refractivity contribution in [1.82, 2.24) is 5.32 Å². The van der Waals surface area contributed by atoms with Gasteiger partial charge < -0.3 is 5.32 Å². The fourth-order valence-corrected chi connectivity index (χ4v) is 3.09. The molecular formula is C16H13BrN2OS. The van der Waals surface area contributed by atoms with E-state index in [1.807, 2.05) is 31.2 Å². The Bertz CT molecular complexity index is 698. The number of nitriles is 1. The third kappa shape index (κ3) is 4.55. The van der Waals surface area contributed by atoms with Gasteiger partial charge in [0.05, 0.1) is 21.5 Å². The maximum absolute atomic E-state index is 11.9. The lowest BCUT2D eigenvalue weighted by molar-refractivity contribution is -0.117. The van der Waals surface area contributed by atoms with E-state index in [0.29, 0.717) is 5.56 Å². The Kier molecular flexibility index (Phi) is 5.32. The summed E-state index contributed by atoms with van der Waals surface area (Å²) in [6.45, 7) is 1.91. The number of nitrogens with one attached hydrogen (secondary N) is 1. The number of hydrogen-bond donors (Lipinski definition) is 1. The van der Waals surface area contributed by atoms with Crippen molar-refractivity contribution in [2.75, 3.05) is 0 Å². The Balaban J connectivity index is 1.95. The molecule has 5 heteroatoms. The first-order chi connectivity index (χ1) is 10.1. The Hall–Kier alpha value is -1.90. The molecule has 1 aromatic carbocycles. The Morgan fingerprint density at radius 2 is 2.05 bits per heavy atom. The maximum atomic E-state index is 11.9. The quantitative estimate of drug-likeness (QED) is 0.827. The third-order valence-corrected chi connectivity index (χ3v) is 4.48. The van der Waals surface area contributed by atoms with Gasteiger partial charge in [0.2, 0.25) is 5.91 Å². The normalized spacial score (nSPS) is 12.0. The highest BCUT2D eigenvalue weighted by Gasteiger charge is 2.07. The second-order valence-electron chi connectivity index (χ2n) is 4.44. The first kappa shape index (κ1) is 15.5. The van der Waals surface area contributed by atoms with Crippen molar-refractivity contribution in [2.45, 2.75) is 13.0 Å². The lowest BCUT2D eigenvalue weighted by atomic mass is 10.1. The van der Waals surface area contributed by atoms with E-state index < -0.39 is 0 Å². The molecule has 1 amide bonds. The highest BCUT2D eigenvalue weighted by atomic mass is 79.9. The number of carbonyl (C=O) groups excluding carboxylic acids is 1. The maximum Gasteiger partial charge on any atom is 0.244 e. The van der Waals surface area contributed by atoms with Crippen molar-refractivity contribution in [2.24, 2.45) is 0 Å². The smallest absolute Gasteiger partial charge is 0.244 e. The van der Waals surface area contributed by atoms with Crippen LogP contribution >= 0.6 is 27.3 Å². The summed E-state index contributed by atoms with van der Waals surface area (Å²) in [5, 5.41) is 11.7. The lowest BCUT2D eigenvalue weighted by Crippen LogP contribution is -2.24. The number of nitrogens with zero attached hydrogens (tertiary/aromatic N) is 1. The molecule has 0 aliphatic rings. The Morgan fingerprint density at radius 1 is 1.33 bits per heavy atom. The zero-order valence-corrected chi connectivity index (χ0v) is 13.7. The van der Waals surface area contributed by atoms with Crippen molar-refractivity contribution in [1.29, 1.82) is 5.26 Å². The minimum Gasteiger partial charge on any atom is -0.346 e. The molecule has 1 atom stereocenters. The van der Waals surface area contributed by atoms with E-state index >= 15 is 0 Å². The summed E-state index contributed by atoms with van der Waals surface area (Å²) in [5.74, 6) is -0.142. The molecule has 0 saturated carbocycles. The molecule has 0 aliphatic carbocycles. The van der Waals surface area contributed by atoms with Crippen LogP contribution in [-0.4, -0.2) is 5.91 Å². The summed E-state index contributed by atoms with van der Waals surface area (Å²) >= 11 is 4.95. The topological polar surface area (TPSA) is 52.9 Å². The van der Waals surface area contributed by atoms with Gasteiger partial charge in [-0.1, -0.05) is 12.1 Å². The first-order valence-electron chi connectivity index (χ1n) is 6.32. The summed E-state index contributed by atoms with van der Waals surface area (Å²) in [4.78, 5) is 12.9. The summed E-state index contributed by atoms with van der Waals surface area (Å²) in [7, 11) is 0. The molecule has 2 aromatic rings. The van der Waals surface area contributed by atoms with Crippen LogP contribution in [0.2, 0.25) is 0 Å². The van der Waals surface area contributed by atoms with E-state index in [1.165, 1.54) is 6.08 Å². The minimum absolute atomic E-state index is 0.107. The Morgan fingerprint density at radius 3 is 2.62 bits per heavy atom. The number of amides is 1. The minimum atomic E-state index is -0.142. The SMILES string of the molecule is CC(NC(=O)/C=C/c1ccc(Br)s1)c1ccc(C#N)cc1. The molecule has 21 heavy (non-hydrogen) atoms. The van der Waals surface area contributed by atoms with Crippen LogP contribution in [0.3, 0.4) is 0 Å². The van der Waals surface area contributed by atoms with E-state index in [2.05, 4.69) is 27.3 Å². The van der Waals surface area contributed by atoms with Gasteiger partial charge in [0.1, 0.15) is 0 Å². The first-order valence-corrected chi connectivity index (χ1v) is 7.93. The van der Waals surface area contributed by atoms with Gasteiger partial charge in [-0.2, -0.15) is 5.26 Å². The van der Waals surface area contributed by atoms with Crippen LogP contribution in [0.1, 0.15) is 29.0 Å². The molecule has 0 aliphatic heterocycles. The van der Waals surface area contributed by atoms with Gasteiger partial charge >= 0.3 is 0 Å². The molecule has 0 fully saturated rings. The summed E-state index contributed by atoms with van der Waals surface area (Å²) < 4.78 is 1.04. The van der Waals surface area contributed by atoms with Crippen molar-refractivity contribution < 1.29 is 4.79 Å². The summed E-state index contributed by atoms with van der Waals surface area (Å²) in [6.07, 6.45) is 3.31. The van der Waals surface area contributed by atoms with Gasteiger partial charge in [0.15, 0.2) is 0 Å². The van der Waals surface area contributed by atoms with Gasteiger partial charge in [-0.3, -0.25) is 4.79 Å². The standard InChI is InChI=1S/C16H13BrN2OS/c1-11(13-4-2-12(10-18)3-5-13)19-16(20)9-7-14-6-8-15(17)21-14/h2-9,11H,1H3,(H,19,20)/b9-7+. The number of thiophene rings is 1. The molecule has 0 saturated heterocycles. The molecule has 106 valence electrons. The highest BCUT2D eigenvalue weighted by molar-refractivity contribution is 9.11. The second kappa shape index (κ2) is 7.21. The average molecular weight is 361 g/mol. The van der Waals surface area contributed by atoms with E-state index in [4.69, 9.17) is 5.26 Å². The van der Waals surface area contributed by atoms with Crippen molar-refractivity contribution in [3.05, 3.63) is 62.3 Å². The van der Waals surface area contributed by atoms with E-state index in [1.54, 1.807) is 29.5 Å². The molecule has 0 bridgehead atoms. The van der Waals surface area contributed by atoms with Crippen LogP contribution in [-0.2, 0) is 4.79 Å². The molecule has 2 rings (SSSR count). The van der Waals surface area contributed by atoms with Crippen molar-refractivity contribution >= 4 is 39.2 Å². The molecule has 1 heterocycles. The fourth-order valence-electron chi connectivity index (χ4n) is 1.77. The second-order valence-corrected chi connectivity index (χ2v) is 6.93. The Labute approximate surface area is 136 Å². The molecular weight excluding hydrogens is 348 g/mol. The number of halogens is 1. The van der Waals surface area contributed by atoms with Gasteiger partial charge in [-0.15, -0.1) is 11.3 Å². The number of carbonyl (C=O) groups is 1. The zero-order chi connectivity index (χ0) is 15.2. The van der Waals surface area contributed by atoms with Crippen molar-refractivity contribution in [3.8, 4) is 6.07 Å². The fraction of sp³-hybridized carbons (Fsp3) is 0.125. The van der Waals surface area contributed by atoms with Crippen LogP contribution in [0.25, 0.3) is 6.08 Å². The van der Waals surface area contributed by atoms with E-state index in [0.717, 1.165) is 14.2 Å². The van der Waals surface area contributed by atoms with Crippen LogP contribution < -0.4 is 5.32 Å². The molecule has 1 N–H and O–H groups in total. The molecule has 1 unspecified atom stereocenters. The summed E-state index contributed by atoms with van der Waals surface area (Å²) in [5.41, 5.74) is 1.58. The molecule has 0 spiro atoms. The van der Waals surface area contributed by atoms with Crippen LogP contribution in [0.5, 0.6) is 0 Å². The predicted octanol–water partition coefficient (Wildman–Crippen LogP) is 4.27. The summed E-state index contributed by atoms with van der Waals surface area (Å²) in [6, 6.07) is 13.1. The van der Waals surface area contributed by atoms with Crippen LogP contribution in [0, 0.1) is 11.3 Å². The van der Waals surface area contributed by atoms with Gasteiger partial charge in [0.25, 0.3) is 0 Å². The van der Waals surface area contributed by atoms with Gasteiger partial charge in [-0.05, 0) is 58.8 Å². The number of hydrogen-bond acceptors (Lipinski definition) is 3. The monoisotopic (exact) mass is 360 g/mol. The number of rotatable bonds is 4. The highest BCUT2D eigenvalue weighted by Crippen LogP contribution is 2.23. The lowest BCUT2D eigenvalue weighted by Gasteiger charge is -2.12. The molecule has 3 nitrogen and oxygen atoms in total. The molecule has 0 radical (unpaired) electrons. The van der Waals surface area contributed by atoms with Crippen LogP contribution in [0.4, 0.5) is 0 Å². The van der Waals surface area contributed by atoms with Crippen molar-refractivity contribution in [3.63, 3.8) is 0 Å². The van der Waals surface area contributed by atoms with Gasteiger partial charge in [-0.25, -0.2) is 0 Å². The number of benzene rings is 1. The average Bonchev–Trinajstić information content (AvgIpc) is 2.91. The van der Waals surface area contributed by atoms with Crippen LogP contribution in [0.15, 0.2) is 46.3 Å². The van der Waals surface area contributed by atoms with E-state index in [9.17, 15) is 4.79 Å². The van der Waals surface area contributed by atoms with Gasteiger partial charge in [0, 0.05) is 11.0 Å². The third-order valence-electron chi connectivity index (χ3n) is 2.89. The zero-order valence-electron chi connectivity index (χ0n) is 11.3. The molecule has 1 aromatic heterocycles.